The highest BCUT2D eigenvalue weighted by molar-refractivity contribution is 7.90. The van der Waals surface area contributed by atoms with Crippen molar-refractivity contribution >= 4 is 15.9 Å². The fraction of sp³-hybridized carbons (Fsp3) is 0.571. The van der Waals surface area contributed by atoms with E-state index in [0.717, 1.165) is 18.4 Å². The quantitative estimate of drug-likeness (QED) is 0.889. The van der Waals surface area contributed by atoms with Crippen LogP contribution in [0, 0.1) is 5.92 Å². The number of benzene rings is 1. The van der Waals surface area contributed by atoms with E-state index in [1.54, 1.807) is 0 Å². The van der Waals surface area contributed by atoms with Crippen LogP contribution < -0.4 is 14.8 Å². The first-order valence-corrected chi connectivity index (χ1v) is 8.47. The average molecular weight is 297 g/mol. The second kappa shape index (κ2) is 6.11. The highest BCUT2D eigenvalue weighted by atomic mass is 32.2. The Hall–Kier alpha value is -1.11. The Balaban J connectivity index is 2.34. The predicted octanol–water partition coefficient (Wildman–Crippen LogP) is 1.78. The normalized spacial score (nSPS) is 19.8. The molecular weight excluding hydrogens is 274 g/mol. The van der Waals surface area contributed by atoms with Crippen LogP contribution in [0.15, 0.2) is 24.3 Å². The summed E-state index contributed by atoms with van der Waals surface area (Å²) in [6, 6.07) is 7.39. The highest BCUT2D eigenvalue weighted by Gasteiger charge is 2.28. The van der Waals surface area contributed by atoms with Gasteiger partial charge >= 0.3 is 10.2 Å². The lowest BCUT2D eigenvalue weighted by Gasteiger charge is -2.25. The molecule has 3 N–H and O–H groups in total. The molecule has 0 aromatic heterocycles. The number of para-hydroxylation sites is 1. The van der Waals surface area contributed by atoms with Crippen LogP contribution in [0.25, 0.3) is 0 Å². The van der Waals surface area contributed by atoms with E-state index >= 15 is 0 Å². The number of hydrogen-bond acceptors (Lipinski definition) is 3. The minimum Gasteiger partial charge on any atom is -0.324 e. The third-order valence-electron chi connectivity index (χ3n) is 3.45. The monoisotopic (exact) mass is 297 g/mol. The molecule has 1 aromatic carbocycles. The summed E-state index contributed by atoms with van der Waals surface area (Å²) in [4.78, 5) is 0. The van der Waals surface area contributed by atoms with Crippen molar-refractivity contribution in [2.24, 2.45) is 11.7 Å². The summed E-state index contributed by atoms with van der Waals surface area (Å²) in [5, 5.41) is 0. The van der Waals surface area contributed by atoms with Crippen LogP contribution in [0.2, 0.25) is 0 Å². The molecule has 1 atom stereocenters. The molecule has 1 unspecified atom stereocenters. The Morgan fingerprint density at radius 3 is 2.80 bits per heavy atom. The second-order valence-electron chi connectivity index (χ2n) is 5.63. The summed E-state index contributed by atoms with van der Waals surface area (Å²) >= 11 is 0. The Kier molecular flexibility index (Phi) is 4.67. The van der Waals surface area contributed by atoms with E-state index < -0.39 is 10.2 Å². The molecule has 1 heterocycles. The highest BCUT2D eigenvalue weighted by Crippen LogP contribution is 2.32. The van der Waals surface area contributed by atoms with Gasteiger partial charge in [0.05, 0.1) is 5.69 Å². The van der Waals surface area contributed by atoms with E-state index in [9.17, 15) is 8.42 Å². The third kappa shape index (κ3) is 3.31. The van der Waals surface area contributed by atoms with Gasteiger partial charge in [-0.1, -0.05) is 32.0 Å². The van der Waals surface area contributed by atoms with Crippen LogP contribution in [0.1, 0.15) is 38.3 Å². The van der Waals surface area contributed by atoms with Crippen molar-refractivity contribution < 1.29 is 8.42 Å². The molecule has 6 heteroatoms. The fourth-order valence-electron chi connectivity index (χ4n) is 2.36. The molecule has 0 saturated carbocycles. The number of hydrogen-bond donors (Lipinski definition) is 2. The van der Waals surface area contributed by atoms with Crippen molar-refractivity contribution in [3.63, 3.8) is 0 Å². The van der Waals surface area contributed by atoms with Crippen LogP contribution in [-0.4, -0.2) is 21.5 Å². The minimum atomic E-state index is -3.51. The Bertz CT molecular complexity index is 557. The summed E-state index contributed by atoms with van der Waals surface area (Å²) in [6.07, 6.45) is 1.56. The van der Waals surface area contributed by atoms with Crippen molar-refractivity contribution in [1.29, 1.82) is 0 Å². The summed E-state index contributed by atoms with van der Waals surface area (Å²) in [5.41, 5.74) is 7.74. The smallest absolute Gasteiger partial charge is 0.301 e. The van der Waals surface area contributed by atoms with Crippen molar-refractivity contribution in [2.75, 3.05) is 17.4 Å². The third-order valence-corrected chi connectivity index (χ3v) is 4.94. The molecule has 1 aliphatic rings. The van der Waals surface area contributed by atoms with E-state index in [1.165, 1.54) is 4.31 Å². The molecule has 1 aliphatic heterocycles. The SMILES string of the molecule is CC(C)CNS(=O)(=O)N1CCCC(N)c2ccccc21. The molecule has 20 heavy (non-hydrogen) atoms. The van der Waals surface area contributed by atoms with Gasteiger partial charge in [-0.2, -0.15) is 13.1 Å². The van der Waals surface area contributed by atoms with Gasteiger partial charge in [-0.15, -0.1) is 0 Å². The molecule has 0 saturated heterocycles. The molecule has 112 valence electrons. The van der Waals surface area contributed by atoms with Gasteiger partial charge in [0.15, 0.2) is 0 Å². The molecule has 1 aromatic rings. The van der Waals surface area contributed by atoms with Crippen LogP contribution in [0.5, 0.6) is 0 Å². The number of nitrogens with one attached hydrogen (secondary N) is 1. The zero-order valence-corrected chi connectivity index (χ0v) is 12.9. The Morgan fingerprint density at radius 1 is 1.40 bits per heavy atom. The molecule has 5 nitrogen and oxygen atoms in total. The molecule has 2 rings (SSSR count). The van der Waals surface area contributed by atoms with Gasteiger partial charge in [0.25, 0.3) is 0 Å². The van der Waals surface area contributed by atoms with Gasteiger partial charge < -0.3 is 5.73 Å². The summed E-state index contributed by atoms with van der Waals surface area (Å²) in [5.74, 6) is 0.272. The maximum Gasteiger partial charge on any atom is 0.301 e. The number of nitrogens with two attached hydrogens (primary N) is 1. The van der Waals surface area contributed by atoms with Gasteiger partial charge in [-0.25, -0.2) is 0 Å². The van der Waals surface area contributed by atoms with E-state index in [-0.39, 0.29) is 12.0 Å². The first kappa shape index (κ1) is 15.3. The molecule has 0 fully saturated rings. The topological polar surface area (TPSA) is 75.4 Å². The van der Waals surface area contributed by atoms with Crippen LogP contribution in [0.3, 0.4) is 0 Å². The summed E-state index contributed by atoms with van der Waals surface area (Å²) < 4.78 is 29.1. The largest absolute Gasteiger partial charge is 0.324 e. The zero-order chi connectivity index (χ0) is 14.8. The molecule has 0 amide bonds. The lowest BCUT2D eigenvalue weighted by atomic mass is 10.0. The van der Waals surface area contributed by atoms with Crippen LogP contribution in [-0.2, 0) is 10.2 Å². The van der Waals surface area contributed by atoms with Gasteiger partial charge in [0.2, 0.25) is 0 Å². The molecule has 0 spiro atoms. The zero-order valence-electron chi connectivity index (χ0n) is 12.0. The predicted molar refractivity (Wildman–Crippen MR) is 81.7 cm³/mol. The van der Waals surface area contributed by atoms with Crippen molar-refractivity contribution in [3.05, 3.63) is 29.8 Å². The van der Waals surface area contributed by atoms with Crippen molar-refractivity contribution in [2.45, 2.75) is 32.7 Å². The first-order valence-electron chi connectivity index (χ1n) is 7.03. The van der Waals surface area contributed by atoms with E-state index in [1.807, 2.05) is 38.1 Å². The van der Waals surface area contributed by atoms with E-state index in [0.29, 0.717) is 18.8 Å². The lowest BCUT2D eigenvalue weighted by Crippen LogP contribution is -2.42. The Labute approximate surface area is 121 Å². The minimum absolute atomic E-state index is 0.100. The summed E-state index contributed by atoms with van der Waals surface area (Å²) in [7, 11) is -3.51. The van der Waals surface area contributed by atoms with Gasteiger partial charge in [0, 0.05) is 19.1 Å². The maximum absolute atomic E-state index is 12.5. The van der Waals surface area contributed by atoms with Crippen LogP contribution in [0.4, 0.5) is 5.69 Å². The molecule has 0 aliphatic carbocycles. The fourth-order valence-corrected chi connectivity index (χ4v) is 3.85. The van der Waals surface area contributed by atoms with Gasteiger partial charge in [-0.3, -0.25) is 4.31 Å². The number of nitrogens with zero attached hydrogens (tertiary/aromatic N) is 1. The Morgan fingerprint density at radius 2 is 2.10 bits per heavy atom. The van der Waals surface area contributed by atoms with E-state index in [2.05, 4.69) is 4.72 Å². The first-order chi connectivity index (χ1) is 9.42. The van der Waals surface area contributed by atoms with Gasteiger partial charge in [0.1, 0.15) is 0 Å². The van der Waals surface area contributed by atoms with Gasteiger partial charge in [-0.05, 0) is 30.4 Å². The molecule has 0 radical (unpaired) electrons. The maximum atomic E-state index is 12.5. The standard InChI is InChI=1S/C14H23N3O2S/c1-11(2)10-16-20(18,19)17-9-5-7-13(15)12-6-3-4-8-14(12)17/h3-4,6,8,11,13,16H,5,7,9-10,15H2,1-2H3. The van der Waals surface area contributed by atoms with Crippen LogP contribution >= 0.6 is 0 Å². The number of fused-ring (bicyclic) bond motifs is 1. The van der Waals surface area contributed by atoms with E-state index in [4.69, 9.17) is 5.73 Å². The van der Waals surface area contributed by atoms with Crippen molar-refractivity contribution in [3.8, 4) is 0 Å². The van der Waals surface area contributed by atoms with Crippen molar-refractivity contribution in [1.82, 2.24) is 4.72 Å². The average Bonchev–Trinajstić information content (AvgIpc) is 2.57. The summed E-state index contributed by atoms with van der Waals surface area (Å²) in [6.45, 7) is 4.87. The number of rotatable bonds is 4. The number of anilines is 1. The molecular formula is C14H23N3O2S. The second-order valence-corrected chi connectivity index (χ2v) is 7.31. The lowest BCUT2D eigenvalue weighted by molar-refractivity contribution is 0.553. The molecule has 0 bridgehead atoms.